The molecule has 0 bridgehead atoms. The predicted octanol–water partition coefficient (Wildman–Crippen LogP) is 5.33. The van der Waals surface area contributed by atoms with Crippen molar-refractivity contribution in [3.05, 3.63) is 107 Å². The first-order valence-electron chi connectivity index (χ1n) is 10.8. The normalized spacial score (nSPS) is 11.9. The maximum absolute atomic E-state index is 12.1. The number of nitrogens with one attached hydrogen (secondary N) is 2. The van der Waals surface area contributed by atoms with Gasteiger partial charge < -0.3 is 20.6 Å². The fourth-order valence-electron chi connectivity index (χ4n) is 3.12. The Labute approximate surface area is 205 Å². The highest BCUT2D eigenvalue weighted by molar-refractivity contribution is 9.11. The molecule has 0 saturated carbocycles. The number of carbonyl (C=O) groups is 1. The van der Waals surface area contributed by atoms with Gasteiger partial charge in [0.25, 0.3) is 0 Å². The third-order valence-corrected chi connectivity index (χ3v) is 6.04. The first-order chi connectivity index (χ1) is 15.8. The SMILES string of the molecule is C=C/C(Br)=C(/C)N(C)/C(=C\C(=C)c1ccccc1O)NCCCNC(=O)Cc1ccccc1. The molecule has 2 aromatic rings. The van der Waals surface area contributed by atoms with Crippen molar-refractivity contribution in [2.75, 3.05) is 20.1 Å². The van der Waals surface area contributed by atoms with Crippen molar-refractivity contribution >= 4 is 27.4 Å². The van der Waals surface area contributed by atoms with E-state index < -0.39 is 0 Å². The van der Waals surface area contributed by atoms with E-state index >= 15 is 0 Å². The van der Waals surface area contributed by atoms with Crippen LogP contribution in [0.15, 0.2) is 95.9 Å². The molecule has 3 N–H and O–H groups in total. The van der Waals surface area contributed by atoms with Gasteiger partial charge in [-0.1, -0.05) is 67.8 Å². The van der Waals surface area contributed by atoms with Crippen molar-refractivity contribution < 1.29 is 9.90 Å². The van der Waals surface area contributed by atoms with Gasteiger partial charge in [-0.2, -0.15) is 0 Å². The molecule has 0 saturated heterocycles. The Balaban J connectivity index is 2.00. The smallest absolute Gasteiger partial charge is 0.224 e. The first-order valence-corrected chi connectivity index (χ1v) is 11.6. The average molecular weight is 510 g/mol. The molecule has 2 rings (SSSR count). The van der Waals surface area contributed by atoms with E-state index in [1.807, 2.05) is 67.4 Å². The molecule has 0 fully saturated rings. The van der Waals surface area contributed by atoms with Crippen LogP contribution in [0.25, 0.3) is 5.57 Å². The fraction of sp³-hybridized carbons (Fsp3) is 0.222. The van der Waals surface area contributed by atoms with E-state index in [0.717, 1.165) is 28.0 Å². The summed E-state index contributed by atoms with van der Waals surface area (Å²) in [4.78, 5) is 14.1. The summed E-state index contributed by atoms with van der Waals surface area (Å²) in [7, 11) is 1.94. The number of phenols is 1. The number of para-hydroxylation sites is 1. The molecule has 33 heavy (non-hydrogen) atoms. The number of benzene rings is 2. The number of aromatic hydroxyl groups is 1. The number of amides is 1. The van der Waals surface area contributed by atoms with E-state index in [1.165, 1.54) is 0 Å². The molecule has 0 heterocycles. The van der Waals surface area contributed by atoms with Crippen LogP contribution < -0.4 is 10.6 Å². The van der Waals surface area contributed by atoms with Crippen LogP contribution in [0, 0.1) is 0 Å². The molecule has 6 heteroatoms. The molecule has 2 aromatic carbocycles. The molecular formula is C27H32BrN3O2. The first kappa shape index (κ1) is 26.0. The van der Waals surface area contributed by atoms with Gasteiger partial charge in [0.05, 0.1) is 6.42 Å². The summed E-state index contributed by atoms with van der Waals surface area (Å²) in [5.74, 6) is 1.01. The van der Waals surface area contributed by atoms with Crippen LogP contribution in [0.5, 0.6) is 5.75 Å². The van der Waals surface area contributed by atoms with Crippen LogP contribution >= 0.6 is 15.9 Å². The van der Waals surface area contributed by atoms with E-state index in [1.54, 1.807) is 18.2 Å². The molecule has 5 nitrogen and oxygen atoms in total. The monoisotopic (exact) mass is 509 g/mol. The van der Waals surface area contributed by atoms with Gasteiger partial charge in [0.2, 0.25) is 5.91 Å². The van der Waals surface area contributed by atoms with Gasteiger partial charge in [-0.25, -0.2) is 0 Å². The minimum Gasteiger partial charge on any atom is -0.507 e. The highest BCUT2D eigenvalue weighted by Gasteiger charge is 2.11. The molecule has 0 aromatic heterocycles. The Bertz CT molecular complexity index is 1030. The summed E-state index contributed by atoms with van der Waals surface area (Å²) in [5.41, 5.74) is 3.31. The third-order valence-electron chi connectivity index (χ3n) is 5.14. The van der Waals surface area contributed by atoms with Crippen LogP contribution in [0.2, 0.25) is 0 Å². The second-order valence-corrected chi connectivity index (χ2v) is 8.42. The second kappa shape index (κ2) is 13.3. The van der Waals surface area contributed by atoms with E-state index in [2.05, 4.69) is 39.7 Å². The Kier molecular flexibility index (Phi) is 10.5. The molecule has 0 aliphatic carbocycles. The molecule has 0 unspecified atom stereocenters. The topological polar surface area (TPSA) is 64.6 Å². The van der Waals surface area contributed by atoms with E-state index in [9.17, 15) is 9.90 Å². The lowest BCUT2D eigenvalue weighted by atomic mass is 10.1. The number of allylic oxidation sites excluding steroid dienone is 5. The zero-order valence-electron chi connectivity index (χ0n) is 19.3. The van der Waals surface area contributed by atoms with E-state index in [-0.39, 0.29) is 11.7 Å². The quantitative estimate of drug-likeness (QED) is 0.267. The predicted molar refractivity (Wildman–Crippen MR) is 141 cm³/mol. The van der Waals surface area contributed by atoms with Crippen molar-refractivity contribution in [3.8, 4) is 5.75 Å². The lowest BCUT2D eigenvalue weighted by Crippen LogP contribution is -2.31. The summed E-state index contributed by atoms with van der Waals surface area (Å²) >= 11 is 3.52. The molecule has 0 radical (unpaired) electrons. The maximum Gasteiger partial charge on any atom is 0.224 e. The van der Waals surface area contributed by atoms with Crippen LogP contribution in [-0.2, 0) is 11.2 Å². The number of phenolic OH excluding ortho intramolecular Hbond substituents is 1. The summed E-state index contributed by atoms with van der Waals surface area (Å²) in [6.45, 7) is 11.1. The summed E-state index contributed by atoms with van der Waals surface area (Å²) in [6.07, 6.45) is 4.77. The van der Waals surface area contributed by atoms with Gasteiger partial charge in [-0.05, 0) is 52.6 Å². The minimum atomic E-state index is 0.00991. The zero-order chi connectivity index (χ0) is 24.2. The molecule has 0 aliphatic heterocycles. The lowest BCUT2D eigenvalue weighted by molar-refractivity contribution is -0.120. The average Bonchev–Trinajstić information content (AvgIpc) is 2.82. The molecule has 1 amide bonds. The molecular weight excluding hydrogens is 478 g/mol. The highest BCUT2D eigenvalue weighted by atomic mass is 79.9. The Morgan fingerprint density at radius 3 is 2.39 bits per heavy atom. The number of hydrogen-bond donors (Lipinski definition) is 3. The summed E-state index contributed by atoms with van der Waals surface area (Å²) < 4.78 is 0.874. The van der Waals surface area contributed by atoms with Gasteiger partial charge >= 0.3 is 0 Å². The number of nitrogens with zero attached hydrogens (tertiary/aromatic N) is 1. The van der Waals surface area contributed by atoms with Gasteiger partial charge in [0.15, 0.2) is 0 Å². The Morgan fingerprint density at radius 1 is 1.09 bits per heavy atom. The number of carbonyl (C=O) groups excluding carboxylic acids is 1. The van der Waals surface area contributed by atoms with Crippen LogP contribution in [0.1, 0.15) is 24.5 Å². The lowest BCUT2D eigenvalue weighted by Gasteiger charge is -2.26. The maximum atomic E-state index is 12.1. The standard InChI is InChI=1S/C27H32BrN3O2/c1-5-24(28)21(3)31(4)26(18-20(2)23-14-9-10-15-25(23)32)29-16-11-17-30-27(33)19-22-12-7-6-8-13-22/h5-10,12-15,18,29,32H,1-2,11,16-17,19H2,3-4H3,(H,30,33)/b24-21+,26-18-. The number of rotatable bonds is 12. The third kappa shape index (κ3) is 8.31. The van der Waals surface area contributed by atoms with Crippen molar-refractivity contribution in [1.29, 1.82) is 0 Å². The second-order valence-electron chi connectivity index (χ2n) is 7.56. The van der Waals surface area contributed by atoms with Gasteiger partial charge in [-0.15, -0.1) is 0 Å². The zero-order valence-corrected chi connectivity index (χ0v) is 20.9. The number of hydrogen-bond acceptors (Lipinski definition) is 4. The summed E-state index contributed by atoms with van der Waals surface area (Å²) in [6, 6.07) is 16.8. The van der Waals surface area contributed by atoms with E-state index in [0.29, 0.717) is 30.6 Å². The van der Waals surface area contributed by atoms with Gasteiger partial charge in [-0.3, -0.25) is 4.79 Å². The fourth-order valence-corrected chi connectivity index (χ4v) is 3.39. The van der Waals surface area contributed by atoms with Gasteiger partial charge in [0, 0.05) is 35.9 Å². The molecule has 0 atom stereocenters. The van der Waals surface area contributed by atoms with Crippen LogP contribution in [0.4, 0.5) is 0 Å². The Morgan fingerprint density at radius 2 is 1.73 bits per heavy atom. The van der Waals surface area contributed by atoms with Crippen LogP contribution in [0.3, 0.4) is 0 Å². The highest BCUT2D eigenvalue weighted by Crippen LogP contribution is 2.26. The van der Waals surface area contributed by atoms with E-state index in [4.69, 9.17) is 0 Å². The van der Waals surface area contributed by atoms with Crippen LogP contribution in [-0.4, -0.2) is 36.1 Å². The minimum absolute atomic E-state index is 0.00991. The summed E-state index contributed by atoms with van der Waals surface area (Å²) in [5, 5.41) is 16.6. The van der Waals surface area contributed by atoms with Crippen molar-refractivity contribution in [2.45, 2.75) is 19.8 Å². The largest absolute Gasteiger partial charge is 0.507 e. The van der Waals surface area contributed by atoms with Crippen molar-refractivity contribution in [3.63, 3.8) is 0 Å². The molecule has 0 aliphatic rings. The van der Waals surface area contributed by atoms with Gasteiger partial charge in [0.1, 0.15) is 11.6 Å². The van der Waals surface area contributed by atoms with Crippen molar-refractivity contribution in [1.82, 2.24) is 15.5 Å². The Hall–Kier alpha value is -3.25. The molecule has 0 spiro atoms. The molecule has 174 valence electrons. The number of halogens is 1. The van der Waals surface area contributed by atoms with Crippen molar-refractivity contribution in [2.24, 2.45) is 0 Å².